The van der Waals surface area contributed by atoms with Gasteiger partial charge in [-0.25, -0.2) is 4.79 Å². The zero-order chi connectivity index (χ0) is 20.4. The zero-order valence-corrected chi connectivity index (χ0v) is 17.1. The van der Waals surface area contributed by atoms with Crippen molar-refractivity contribution in [1.82, 2.24) is 20.1 Å². The second kappa shape index (κ2) is 8.19. The highest BCUT2D eigenvalue weighted by atomic mass is 35.5. The Morgan fingerprint density at radius 1 is 1.21 bits per heavy atom. The molecule has 0 radical (unpaired) electrons. The molecule has 3 N–H and O–H groups in total. The number of halogens is 2. The molecule has 0 spiro atoms. The van der Waals surface area contributed by atoms with Gasteiger partial charge < -0.3 is 15.6 Å². The van der Waals surface area contributed by atoms with Crippen LogP contribution in [-0.4, -0.2) is 27.3 Å². The fourth-order valence-electron chi connectivity index (χ4n) is 3.41. The average molecular weight is 428 g/mol. The molecule has 0 bridgehead atoms. The number of carbonyl (C=O) groups excluding carboxylic acids is 1. The van der Waals surface area contributed by atoms with Crippen LogP contribution in [0.4, 0.5) is 10.5 Å². The molecule has 148 valence electrons. The lowest BCUT2D eigenvalue weighted by molar-refractivity contribution is 0.252. The van der Waals surface area contributed by atoms with Gasteiger partial charge >= 0.3 is 6.03 Å². The summed E-state index contributed by atoms with van der Waals surface area (Å²) in [7, 11) is 1.79. The van der Waals surface area contributed by atoms with Crippen LogP contribution in [0.3, 0.4) is 0 Å². The molecule has 6 nitrogen and oxygen atoms in total. The number of anilines is 1. The molecule has 0 saturated carbocycles. The van der Waals surface area contributed by atoms with E-state index in [1.807, 2.05) is 36.5 Å². The number of aromatic nitrogens is 3. The molecule has 29 heavy (non-hydrogen) atoms. The molecule has 0 saturated heterocycles. The first-order valence-corrected chi connectivity index (χ1v) is 9.81. The third kappa shape index (κ3) is 4.23. The van der Waals surface area contributed by atoms with Gasteiger partial charge in [-0.1, -0.05) is 47.5 Å². The Kier molecular flexibility index (Phi) is 5.47. The molecule has 4 aromatic rings. The molecule has 2 aromatic heterocycles. The molecular weight excluding hydrogens is 409 g/mol. The lowest BCUT2D eigenvalue weighted by atomic mass is 9.91. The van der Waals surface area contributed by atoms with Crippen LogP contribution < -0.4 is 10.6 Å². The minimum atomic E-state index is -0.312. The maximum absolute atomic E-state index is 12.4. The van der Waals surface area contributed by atoms with Gasteiger partial charge in [0.05, 0.1) is 11.9 Å². The summed E-state index contributed by atoms with van der Waals surface area (Å²) in [6.07, 6.45) is 5.28. The molecule has 2 aromatic carbocycles. The maximum atomic E-state index is 12.4. The van der Waals surface area contributed by atoms with Crippen molar-refractivity contribution in [2.45, 2.75) is 5.92 Å². The predicted octanol–water partition coefficient (Wildman–Crippen LogP) is 5.16. The molecule has 1 atom stereocenters. The van der Waals surface area contributed by atoms with Gasteiger partial charge in [-0.15, -0.1) is 0 Å². The van der Waals surface area contributed by atoms with Crippen molar-refractivity contribution in [2.75, 3.05) is 11.9 Å². The maximum Gasteiger partial charge on any atom is 0.319 e. The Morgan fingerprint density at radius 2 is 2.03 bits per heavy atom. The van der Waals surface area contributed by atoms with Crippen molar-refractivity contribution < 1.29 is 4.79 Å². The normalized spacial score (nSPS) is 12.1. The van der Waals surface area contributed by atoms with E-state index in [1.54, 1.807) is 36.3 Å². The summed E-state index contributed by atoms with van der Waals surface area (Å²) in [5.74, 6) is -0.157. The lowest BCUT2D eigenvalue weighted by Gasteiger charge is -2.20. The number of hydrogen-bond acceptors (Lipinski definition) is 2. The lowest BCUT2D eigenvalue weighted by Crippen LogP contribution is -2.32. The van der Waals surface area contributed by atoms with Gasteiger partial charge in [-0.3, -0.25) is 4.68 Å². The van der Waals surface area contributed by atoms with E-state index in [0.29, 0.717) is 22.3 Å². The van der Waals surface area contributed by atoms with E-state index in [4.69, 9.17) is 23.2 Å². The minimum Gasteiger partial charge on any atom is -0.361 e. The van der Waals surface area contributed by atoms with E-state index >= 15 is 0 Å². The molecule has 4 rings (SSSR count). The summed E-state index contributed by atoms with van der Waals surface area (Å²) in [6.45, 7) is 0.356. The van der Waals surface area contributed by atoms with Crippen LogP contribution in [0.15, 0.2) is 61.1 Å². The number of benzene rings is 2. The fourth-order valence-corrected chi connectivity index (χ4v) is 3.95. The Morgan fingerprint density at radius 3 is 2.79 bits per heavy atom. The fraction of sp³-hybridized carbons (Fsp3) is 0.143. The Balaban J connectivity index is 1.62. The van der Waals surface area contributed by atoms with Gasteiger partial charge in [0, 0.05) is 52.9 Å². The summed E-state index contributed by atoms with van der Waals surface area (Å²) in [5.41, 5.74) is 3.59. The number of rotatable bonds is 5. The van der Waals surface area contributed by atoms with E-state index in [9.17, 15) is 4.79 Å². The van der Waals surface area contributed by atoms with Gasteiger partial charge in [0.2, 0.25) is 0 Å². The second-order valence-electron chi connectivity index (χ2n) is 6.75. The van der Waals surface area contributed by atoms with Gasteiger partial charge in [-0.05, 0) is 29.3 Å². The van der Waals surface area contributed by atoms with Gasteiger partial charge in [-0.2, -0.15) is 5.10 Å². The molecule has 2 amide bonds. The van der Waals surface area contributed by atoms with Gasteiger partial charge in [0.15, 0.2) is 0 Å². The minimum absolute atomic E-state index is 0.157. The second-order valence-corrected chi connectivity index (χ2v) is 7.59. The predicted molar refractivity (Wildman–Crippen MR) is 117 cm³/mol. The van der Waals surface area contributed by atoms with E-state index < -0.39 is 0 Å². The third-order valence-corrected chi connectivity index (χ3v) is 5.33. The Labute approximate surface area is 177 Å². The van der Waals surface area contributed by atoms with Crippen LogP contribution in [0, 0.1) is 0 Å². The van der Waals surface area contributed by atoms with Gasteiger partial charge in [0.1, 0.15) is 0 Å². The number of aromatic amines is 1. The third-order valence-electron chi connectivity index (χ3n) is 4.76. The van der Waals surface area contributed by atoms with Crippen LogP contribution in [0.25, 0.3) is 10.9 Å². The zero-order valence-electron chi connectivity index (χ0n) is 15.6. The quantitative estimate of drug-likeness (QED) is 0.411. The first-order chi connectivity index (χ1) is 14.0. The molecule has 0 aliphatic heterocycles. The largest absolute Gasteiger partial charge is 0.361 e. The monoisotopic (exact) mass is 427 g/mol. The first kappa shape index (κ1) is 19.4. The number of H-pyrrole nitrogens is 1. The molecule has 0 aliphatic carbocycles. The van der Waals surface area contributed by atoms with Crippen molar-refractivity contribution >= 4 is 45.8 Å². The molecule has 2 heterocycles. The van der Waals surface area contributed by atoms with Crippen molar-refractivity contribution in [1.29, 1.82) is 0 Å². The SMILES string of the molecule is Cn1cc(NC(=O)NCC(c2ccc(Cl)cc2Cl)c2c[nH]c3ccccc23)cn1. The summed E-state index contributed by atoms with van der Waals surface area (Å²) >= 11 is 12.6. The van der Waals surface area contributed by atoms with E-state index in [1.165, 1.54) is 0 Å². The number of nitrogens with zero attached hydrogens (tertiary/aromatic N) is 2. The summed E-state index contributed by atoms with van der Waals surface area (Å²) < 4.78 is 1.62. The van der Waals surface area contributed by atoms with E-state index in [0.717, 1.165) is 22.0 Å². The van der Waals surface area contributed by atoms with Crippen LogP contribution >= 0.6 is 23.2 Å². The number of amides is 2. The number of para-hydroxylation sites is 1. The number of aryl methyl sites for hydroxylation is 1. The molecule has 1 unspecified atom stereocenters. The first-order valence-electron chi connectivity index (χ1n) is 9.05. The summed E-state index contributed by atoms with van der Waals surface area (Å²) in [5, 5.41) is 12.0. The highest BCUT2D eigenvalue weighted by Gasteiger charge is 2.21. The Hall–Kier alpha value is -2.96. The number of nitrogens with one attached hydrogen (secondary N) is 3. The van der Waals surface area contributed by atoms with Crippen molar-refractivity contribution in [3.8, 4) is 0 Å². The van der Waals surface area contributed by atoms with Crippen LogP contribution in [0.1, 0.15) is 17.0 Å². The van der Waals surface area contributed by atoms with Crippen molar-refractivity contribution in [3.63, 3.8) is 0 Å². The molecule has 0 fully saturated rings. The van der Waals surface area contributed by atoms with Crippen molar-refractivity contribution in [2.24, 2.45) is 7.05 Å². The van der Waals surface area contributed by atoms with E-state index in [-0.39, 0.29) is 11.9 Å². The highest BCUT2D eigenvalue weighted by molar-refractivity contribution is 6.35. The summed E-state index contributed by atoms with van der Waals surface area (Å²) in [6, 6.07) is 13.1. The van der Waals surface area contributed by atoms with E-state index in [2.05, 4.69) is 20.7 Å². The molecule has 0 aliphatic rings. The van der Waals surface area contributed by atoms with Crippen LogP contribution in [0.5, 0.6) is 0 Å². The smallest absolute Gasteiger partial charge is 0.319 e. The Bertz CT molecular complexity index is 1170. The van der Waals surface area contributed by atoms with Crippen LogP contribution in [0.2, 0.25) is 10.0 Å². The molecular formula is C21H19Cl2N5O. The highest BCUT2D eigenvalue weighted by Crippen LogP contribution is 2.35. The number of fused-ring (bicyclic) bond motifs is 1. The average Bonchev–Trinajstić information content (AvgIpc) is 3.29. The number of urea groups is 1. The van der Waals surface area contributed by atoms with Gasteiger partial charge in [0.25, 0.3) is 0 Å². The standard InChI is InChI=1S/C21H19Cl2N5O/c1-28-12-14(9-26-28)27-21(29)25-11-17(15-7-6-13(22)8-19(15)23)18-10-24-20-5-3-2-4-16(18)20/h2-10,12,17,24H,11H2,1H3,(H2,25,27,29). The summed E-state index contributed by atoms with van der Waals surface area (Å²) in [4.78, 5) is 15.7. The van der Waals surface area contributed by atoms with Crippen molar-refractivity contribution in [3.05, 3.63) is 82.2 Å². The molecule has 8 heteroatoms. The van der Waals surface area contributed by atoms with Crippen LogP contribution in [-0.2, 0) is 7.05 Å². The number of hydrogen-bond donors (Lipinski definition) is 3. The number of carbonyl (C=O) groups is 1. The topological polar surface area (TPSA) is 74.7 Å².